The van der Waals surface area contributed by atoms with Crippen LogP contribution in [0.3, 0.4) is 0 Å². The summed E-state index contributed by atoms with van der Waals surface area (Å²) >= 11 is 0. The van der Waals surface area contributed by atoms with Crippen molar-refractivity contribution in [3.05, 3.63) is 17.8 Å². The molecular formula is C14H20BN3O2. The number of aromatic nitrogens is 1. The molecule has 0 unspecified atom stereocenters. The molecule has 0 aliphatic carbocycles. The highest BCUT2D eigenvalue weighted by Gasteiger charge is 2.52. The Morgan fingerprint density at radius 3 is 2.40 bits per heavy atom. The Labute approximate surface area is 120 Å². The molecule has 0 atom stereocenters. The number of hydrogen-bond acceptors (Lipinski definition) is 5. The lowest BCUT2D eigenvalue weighted by Crippen LogP contribution is -2.41. The molecular weight excluding hydrogens is 253 g/mol. The first-order chi connectivity index (χ1) is 9.27. The molecule has 5 nitrogen and oxygen atoms in total. The van der Waals surface area contributed by atoms with Crippen LogP contribution in [-0.2, 0) is 15.7 Å². The smallest absolute Gasteiger partial charge is 0.398 e. The van der Waals surface area contributed by atoms with E-state index in [1.807, 2.05) is 33.8 Å². The highest BCUT2D eigenvalue weighted by Crippen LogP contribution is 2.36. The number of nitrogens with zero attached hydrogens (tertiary/aromatic N) is 2. The van der Waals surface area contributed by atoms with Crippen molar-refractivity contribution in [2.24, 2.45) is 0 Å². The first kappa shape index (κ1) is 14.8. The lowest BCUT2D eigenvalue weighted by Gasteiger charge is -2.32. The Balaban J connectivity index is 2.25. The van der Waals surface area contributed by atoms with Crippen LogP contribution < -0.4 is 11.3 Å². The highest BCUT2D eigenvalue weighted by atomic mass is 16.7. The molecule has 1 saturated heterocycles. The Hall–Kier alpha value is -1.58. The summed E-state index contributed by atoms with van der Waals surface area (Å²) in [4.78, 5) is 4.50. The molecule has 2 rings (SSSR count). The molecule has 1 aromatic rings. The van der Waals surface area contributed by atoms with Gasteiger partial charge < -0.3 is 15.0 Å². The lowest BCUT2D eigenvalue weighted by molar-refractivity contribution is 0.00578. The topological polar surface area (TPSA) is 81.2 Å². The van der Waals surface area contributed by atoms with Gasteiger partial charge in [0, 0.05) is 12.8 Å². The molecule has 0 bridgehead atoms. The predicted molar refractivity (Wildman–Crippen MR) is 78.3 cm³/mol. The molecule has 2 heterocycles. The van der Waals surface area contributed by atoms with Crippen LogP contribution in [0.25, 0.3) is 0 Å². The third-order valence-electron chi connectivity index (χ3n) is 4.00. The van der Waals surface area contributed by atoms with Gasteiger partial charge in [0.2, 0.25) is 0 Å². The van der Waals surface area contributed by atoms with E-state index in [1.165, 1.54) is 0 Å². The summed E-state index contributed by atoms with van der Waals surface area (Å²) in [7, 11) is -0.499. The zero-order valence-electron chi connectivity index (χ0n) is 12.4. The summed E-state index contributed by atoms with van der Waals surface area (Å²) in [5.74, 6) is 0. The minimum atomic E-state index is -0.499. The second-order valence-electron chi connectivity index (χ2n) is 6.02. The zero-order chi connectivity index (χ0) is 15.0. The molecule has 1 fully saturated rings. The molecule has 0 amide bonds. The molecule has 0 aromatic carbocycles. The van der Waals surface area contributed by atoms with Crippen LogP contribution in [0.2, 0.25) is 0 Å². The maximum Gasteiger partial charge on any atom is 0.514 e. The number of nitriles is 1. The van der Waals surface area contributed by atoms with Gasteiger partial charge in [-0.2, -0.15) is 5.26 Å². The minimum Gasteiger partial charge on any atom is -0.398 e. The van der Waals surface area contributed by atoms with E-state index in [2.05, 4.69) is 11.1 Å². The van der Waals surface area contributed by atoms with E-state index >= 15 is 0 Å². The van der Waals surface area contributed by atoms with Crippen LogP contribution in [0.5, 0.6) is 0 Å². The molecule has 20 heavy (non-hydrogen) atoms. The summed E-state index contributed by atoms with van der Waals surface area (Å²) in [6, 6.07) is 5.71. The van der Waals surface area contributed by atoms with E-state index in [0.29, 0.717) is 24.1 Å². The molecule has 6 heteroatoms. The van der Waals surface area contributed by atoms with Gasteiger partial charge in [0.05, 0.1) is 34.2 Å². The van der Waals surface area contributed by atoms with Gasteiger partial charge in [-0.1, -0.05) is 0 Å². The maximum atomic E-state index is 8.67. The van der Waals surface area contributed by atoms with Crippen molar-refractivity contribution in [3.8, 4) is 6.07 Å². The van der Waals surface area contributed by atoms with Gasteiger partial charge in [-0.15, -0.1) is 0 Å². The summed E-state index contributed by atoms with van der Waals surface area (Å²) in [6.07, 6.45) is 0.930. The fourth-order valence-electron chi connectivity index (χ4n) is 2.00. The average Bonchev–Trinajstić information content (AvgIpc) is 2.57. The second-order valence-corrected chi connectivity index (χ2v) is 6.02. The number of anilines is 1. The molecule has 0 radical (unpaired) electrons. The Kier molecular flexibility index (Phi) is 3.76. The zero-order valence-corrected chi connectivity index (χ0v) is 12.4. The van der Waals surface area contributed by atoms with Crippen LogP contribution in [-0.4, -0.2) is 23.3 Å². The highest BCUT2D eigenvalue weighted by molar-refractivity contribution is 6.61. The van der Waals surface area contributed by atoms with Gasteiger partial charge in [0.25, 0.3) is 0 Å². The standard InChI is InChI=1S/C14H20BN3O2/c1-13(2)14(3,4)20-15(19-13)12-8-7-10(17)11(18-12)6-5-9-16/h7-8H,5-6,17H2,1-4H3. The molecule has 106 valence electrons. The fraction of sp³-hybridized carbons (Fsp3) is 0.571. The SMILES string of the molecule is CC1(C)OB(c2ccc(N)c(CCC#N)n2)OC1(C)C. The van der Waals surface area contributed by atoms with Gasteiger partial charge in [0.1, 0.15) is 0 Å². The van der Waals surface area contributed by atoms with E-state index in [4.69, 9.17) is 20.3 Å². The third-order valence-corrected chi connectivity index (χ3v) is 4.00. The molecule has 1 aromatic heterocycles. The summed E-state index contributed by atoms with van der Waals surface area (Å²) in [5, 5.41) is 8.67. The van der Waals surface area contributed by atoms with E-state index in [0.717, 1.165) is 5.69 Å². The summed E-state index contributed by atoms with van der Waals surface area (Å²) in [5.41, 5.74) is 7.11. The van der Waals surface area contributed by atoms with Crippen molar-refractivity contribution in [2.45, 2.75) is 51.7 Å². The average molecular weight is 273 g/mol. The van der Waals surface area contributed by atoms with Crippen LogP contribution in [0, 0.1) is 11.3 Å². The second kappa shape index (κ2) is 5.08. The van der Waals surface area contributed by atoms with Gasteiger partial charge in [0.15, 0.2) is 0 Å². The van der Waals surface area contributed by atoms with Gasteiger partial charge in [-0.3, -0.25) is 4.98 Å². The number of aryl methyl sites for hydroxylation is 1. The van der Waals surface area contributed by atoms with Crippen molar-refractivity contribution in [1.82, 2.24) is 4.98 Å². The van der Waals surface area contributed by atoms with Gasteiger partial charge in [-0.25, -0.2) is 0 Å². The molecule has 1 aliphatic heterocycles. The fourth-order valence-corrected chi connectivity index (χ4v) is 2.00. The number of pyridine rings is 1. The van der Waals surface area contributed by atoms with Gasteiger partial charge in [-0.05, 0) is 39.8 Å². The molecule has 0 spiro atoms. The quantitative estimate of drug-likeness (QED) is 0.842. The first-order valence-electron chi connectivity index (χ1n) is 6.75. The lowest BCUT2D eigenvalue weighted by atomic mass is 9.84. The van der Waals surface area contributed by atoms with Crippen molar-refractivity contribution < 1.29 is 9.31 Å². The van der Waals surface area contributed by atoms with Crippen LogP contribution in [0.4, 0.5) is 5.69 Å². The normalized spacial score (nSPS) is 19.9. The van der Waals surface area contributed by atoms with E-state index in [9.17, 15) is 0 Å². The number of nitrogens with two attached hydrogens (primary N) is 1. The van der Waals surface area contributed by atoms with Crippen molar-refractivity contribution in [2.75, 3.05) is 5.73 Å². The number of nitrogen functional groups attached to an aromatic ring is 1. The molecule has 1 aliphatic rings. The Morgan fingerprint density at radius 2 is 1.85 bits per heavy atom. The van der Waals surface area contributed by atoms with E-state index < -0.39 is 18.3 Å². The minimum absolute atomic E-state index is 0.393. The van der Waals surface area contributed by atoms with Crippen LogP contribution in [0.1, 0.15) is 39.8 Å². The third kappa shape index (κ3) is 2.65. The summed E-state index contributed by atoms with van der Waals surface area (Å²) < 4.78 is 11.9. The monoisotopic (exact) mass is 273 g/mol. The van der Waals surface area contributed by atoms with Crippen molar-refractivity contribution in [1.29, 1.82) is 5.26 Å². The Morgan fingerprint density at radius 1 is 1.25 bits per heavy atom. The summed E-state index contributed by atoms with van der Waals surface area (Å²) in [6.45, 7) is 8.00. The van der Waals surface area contributed by atoms with E-state index in [-0.39, 0.29) is 0 Å². The Bertz CT molecular complexity index is 536. The predicted octanol–water partition coefficient (Wildman–Crippen LogP) is 1.42. The number of hydrogen-bond donors (Lipinski definition) is 1. The van der Waals surface area contributed by atoms with Gasteiger partial charge >= 0.3 is 7.12 Å². The van der Waals surface area contributed by atoms with Crippen molar-refractivity contribution >= 4 is 18.4 Å². The first-order valence-corrected chi connectivity index (χ1v) is 6.75. The van der Waals surface area contributed by atoms with Crippen molar-refractivity contribution in [3.63, 3.8) is 0 Å². The van der Waals surface area contributed by atoms with Crippen LogP contribution in [0.15, 0.2) is 12.1 Å². The molecule has 2 N–H and O–H groups in total. The largest absolute Gasteiger partial charge is 0.514 e. The van der Waals surface area contributed by atoms with Crippen LogP contribution >= 0.6 is 0 Å². The maximum absolute atomic E-state index is 8.67. The molecule has 0 saturated carbocycles. The number of rotatable bonds is 3. The van der Waals surface area contributed by atoms with E-state index in [1.54, 1.807) is 6.07 Å².